The minimum Gasteiger partial charge on any atom is -0.207 e. The van der Waals surface area contributed by atoms with E-state index in [1.54, 1.807) is 18.2 Å². The largest absolute Gasteiger partial charge is 0.416 e. The fourth-order valence-electron chi connectivity index (χ4n) is 2.96. The molecule has 0 saturated carbocycles. The first-order chi connectivity index (χ1) is 12.7. The first-order valence-electron chi connectivity index (χ1n) is 8.23. The maximum absolute atomic E-state index is 14.0. The predicted octanol–water partition coefficient (Wildman–Crippen LogP) is 4.71. The molecule has 27 heavy (non-hydrogen) atoms. The molecule has 2 aromatic carbocycles. The third-order valence-corrected chi connectivity index (χ3v) is 7.56. The van der Waals surface area contributed by atoms with E-state index in [4.69, 9.17) is 0 Å². The van der Waals surface area contributed by atoms with Crippen LogP contribution in [0, 0.1) is 5.82 Å². The number of hydrogen-bond acceptors (Lipinski definition) is 3. The minimum absolute atomic E-state index is 0.116. The van der Waals surface area contributed by atoms with Crippen molar-refractivity contribution < 1.29 is 26.0 Å². The second kappa shape index (κ2) is 7.81. The summed E-state index contributed by atoms with van der Waals surface area (Å²) in [5.41, 5.74) is -0.488. The van der Waals surface area contributed by atoms with Crippen LogP contribution >= 0.6 is 11.8 Å². The van der Waals surface area contributed by atoms with E-state index >= 15 is 0 Å². The van der Waals surface area contributed by atoms with Crippen molar-refractivity contribution in [2.75, 3.05) is 18.8 Å². The smallest absolute Gasteiger partial charge is 0.207 e. The lowest BCUT2D eigenvalue weighted by molar-refractivity contribution is -0.137. The average molecular weight is 419 g/mol. The van der Waals surface area contributed by atoms with Crippen LogP contribution in [0.3, 0.4) is 0 Å². The molecule has 0 N–H and O–H groups in total. The zero-order valence-electron chi connectivity index (χ0n) is 14.1. The minimum atomic E-state index is -4.61. The Kier molecular flexibility index (Phi) is 5.83. The summed E-state index contributed by atoms with van der Waals surface area (Å²) < 4.78 is 79.5. The molecule has 1 aliphatic heterocycles. The Labute approximate surface area is 159 Å². The topological polar surface area (TPSA) is 37.4 Å². The monoisotopic (exact) mass is 419 g/mol. The first-order valence-corrected chi connectivity index (χ1v) is 10.7. The van der Waals surface area contributed by atoms with Crippen molar-refractivity contribution in [1.82, 2.24) is 4.31 Å². The van der Waals surface area contributed by atoms with Crippen LogP contribution in [0.25, 0.3) is 0 Å². The van der Waals surface area contributed by atoms with Crippen molar-refractivity contribution >= 4 is 21.8 Å². The third kappa shape index (κ3) is 4.47. The van der Waals surface area contributed by atoms with Crippen molar-refractivity contribution in [2.45, 2.75) is 22.7 Å². The van der Waals surface area contributed by atoms with Gasteiger partial charge in [0.15, 0.2) is 0 Å². The summed E-state index contributed by atoms with van der Waals surface area (Å²) in [6, 6.07) is 10.1. The highest BCUT2D eigenvalue weighted by atomic mass is 32.2. The van der Waals surface area contributed by atoms with Crippen LogP contribution in [0.5, 0.6) is 0 Å². The lowest BCUT2D eigenvalue weighted by Gasteiger charge is -2.20. The summed E-state index contributed by atoms with van der Waals surface area (Å²) in [5.74, 6) is 0.0844. The van der Waals surface area contributed by atoms with E-state index in [0.29, 0.717) is 23.8 Å². The van der Waals surface area contributed by atoms with Gasteiger partial charge in [-0.05, 0) is 30.7 Å². The van der Waals surface area contributed by atoms with Gasteiger partial charge in [-0.3, -0.25) is 0 Å². The quantitative estimate of drug-likeness (QED) is 0.676. The molecule has 1 aliphatic rings. The molecule has 3 nitrogen and oxygen atoms in total. The Morgan fingerprint density at radius 1 is 1.04 bits per heavy atom. The highest BCUT2D eigenvalue weighted by Crippen LogP contribution is 2.37. The zero-order chi connectivity index (χ0) is 19.7. The standard InChI is InChI=1S/C18H17F4NO2S2/c19-16-7-2-1-6-15(16)17-8-9-23(10-11-26-17)27(24,25)14-5-3-4-13(12-14)18(20,21)22/h1-7,12,17H,8-11H2/t17-/m1/s1. The van der Waals surface area contributed by atoms with Crippen LogP contribution in [0.15, 0.2) is 53.4 Å². The molecule has 0 radical (unpaired) electrons. The molecule has 1 saturated heterocycles. The SMILES string of the molecule is O=S(=O)(c1cccc(C(F)(F)F)c1)N1CCS[C@@H](c2ccccc2F)CC1. The summed E-state index contributed by atoms with van der Waals surface area (Å²) in [4.78, 5) is -0.383. The Morgan fingerprint density at radius 2 is 1.78 bits per heavy atom. The van der Waals surface area contributed by atoms with Crippen LogP contribution in [-0.2, 0) is 16.2 Å². The summed E-state index contributed by atoms with van der Waals surface area (Å²) in [6.07, 6.45) is -4.24. The second-order valence-electron chi connectivity index (χ2n) is 6.10. The van der Waals surface area contributed by atoms with Crippen molar-refractivity contribution in [2.24, 2.45) is 0 Å². The number of halogens is 4. The molecular weight excluding hydrogens is 402 g/mol. The molecule has 1 heterocycles. The van der Waals surface area contributed by atoms with E-state index in [9.17, 15) is 26.0 Å². The molecule has 0 amide bonds. The van der Waals surface area contributed by atoms with Crippen LogP contribution in [0.4, 0.5) is 17.6 Å². The fourth-order valence-corrected chi connectivity index (χ4v) is 5.83. The Balaban J connectivity index is 1.82. The van der Waals surface area contributed by atoms with E-state index in [2.05, 4.69) is 0 Å². The molecule has 0 bridgehead atoms. The summed E-state index contributed by atoms with van der Waals surface area (Å²) in [5, 5.41) is -0.201. The first kappa shape index (κ1) is 20.2. The molecular formula is C18H17F4NO2S2. The molecule has 0 unspecified atom stereocenters. The highest BCUT2D eigenvalue weighted by molar-refractivity contribution is 7.99. The molecule has 0 aliphatic carbocycles. The zero-order valence-corrected chi connectivity index (χ0v) is 15.7. The van der Waals surface area contributed by atoms with E-state index in [1.165, 1.54) is 22.1 Å². The molecule has 1 fully saturated rings. The lowest BCUT2D eigenvalue weighted by atomic mass is 10.1. The van der Waals surface area contributed by atoms with Crippen LogP contribution in [0.1, 0.15) is 22.8 Å². The highest BCUT2D eigenvalue weighted by Gasteiger charge is 2.34. The van der Waals surface area contributed by atoms with Gasteiger partial charge in [0.2, 0.25) is 10.0 Å². The summed E-state index contributed by atoms with van der Waals surface area (Å²) in [6.45, 7) is 0.277. The molecule has 3 rings (SSSR count). The molecule has 2 aromatic rings. The van der Waals surface area contributed by atoms with Gasteiger partial charge >= 0.3 is 6.18 Å². The number of sulfonamides is 1. The maximum Gasteiger partial charge on any atom is 0.416 e. The molecule has 146 valence electrons. The van der Waals surface area contributed by atoms with Gasteiger partial charge in [0.05, 0.1) is 10.5 Å². The van der Waals surface area contributed by atoms with Crippen LogP contribution in [-0.4, -0.2) is 31.6 Å². The van der Waals surface area contributed by atoms with E-state index < -0.39 is 21.8 Å². The van der Waals surface area contributed by atoms with Gasteiger partial charge in [0, 0.05) is 29.7 Å². The van der Waals surface area contributed by atoms with Crippen molar-refractivity contribution in [3.05, 3.63) is 65.5 Å². The van der Waals surface area contributed by atoms with Gasteiger partial charge in [0.25, 0.3) is 0 Å². The van der Waals surface area contributed by atoms with E-state index in [0.717, 1.165) is 18.2 Å². The fraction of sp³-hybridized carbons (Fsp3) is 0.333. The average Bonchev–Trinajstić information content (AvgIpc) is 2.88. The number of nitrogens with zero attached hydrogens (tertiary/aromatic N) is 1. The van der Waals surface area contributed by atoms with Crippen molar-refractivity contribution in [3.8, 4) is 0 Å². The third-order valence-electron chi connectivity index (χ3n) is 4.35. The van der Waals surface area contributed by atoms with Crippen LogP contribution < -0.4 is 0 Å². The number of thioether (sulfide) groups is 1. The Bertz CT molecular complexity index is 916. The summed E-state index contributed by atoms with van der Waals surface area (Å²) in [7, 11) is -4.06. The van der Waals surface area contributed by atoms with Gasteiger partial charge in [-0.25, -0.2) is 12.8 Å². The molecule has 9 heteroatoms. The number of benzene rings is 2. The van der Waals surface area contributed by atoms with Crippen molar-refractivity contribution in [1.29, 1.82) is 0 Å². The second-order valence-corrected chi connectivity index (χ2v) is 9.35. The van der Waals surface area contributed by atoms with Gasteiger partial charge in [-0.2, -0.15) is 29.2 Å². The normalized spacial score (nSPS) is 19.6. The number of alkyl halides is 3. The maximum atomic E-state index is 14.0. The Morgan fingerprint density at radius 3 is 2.48 bits per heavy atom. The predicted molar refractivity (Wildman–Crippen MR) is 96.4 cm³/mol. The van der Waals surface area contributed by atoms with Gasteiger partial charge in [-0.15, -0.1) is 0 Å². The summed E-state index contributed by atoms with van der Waals surface area (Å²) >= 11 is 1.45. The van der Waals surface area contributed by atoms with E-state index in [-0.39, 0.29) is 29.1 Å². The molecule has 1 atom stereocenters. The molecule has 0 aromatic heterocycles. The van der Waals surface area contributed by atoms with Gasteiger partial charge < -0.3 is 0 Å². The van der Waals surface area contributed by atoms with Gasteiger partial charge in [0.1, 0.15) is 5.82 Å². The number of hydrogen-bond donors (Lipinski definition) is 0. The van der Waals surface area contributed by atoms with Gasteiger partial charge in [-0.1, -0.05) is 24.3 Å². The van der Waals surface area contributed by atoms with Crippen molar-refractivity contribution in [3.63, 3.8) is 0 Å². The molecule has 0 spiro atoms. The number of rotatable bonds is 3. The Hall–Kier alpha value is -1.58. The van der Waals surface area contributed by atoms with E-state index in [1.807, 2.05) is 0 Å². The van der Waals surface area contributed by atoms with Crippen LogP contribution in [0.2, 0.25) is 0 Å². The lowest BCUT2D eigenvalue weighted by Crippen LogP contribution is -2.33.